The number of benzene rings is 1. The van der Waals surface area contributed by atoms with Crippen molar-refractivity contribution in [2.75, 3.05) is 11.9 Å². The van der Waals surface area contributed by atoms with Crippen LogP contribution in [0.5, 0.6) is 11.5 Å². The molecule has 0 bridgehead atoms. The van der Waals surface area contributed by atoms with Crippen molar-refractivity contribution in [3.63, 3.8) is 0 Å². The molecule has 2 N–H and O–H groups in total. The van der Waals surface area contributed by atoms with Gasteiger partial charge in [-0.25, -0.2) is 4.98 Å². The largest absolute Gasteiger partial charge is 0.457 e. The van der Waals surface area contributed by atoms with Gasteiger partial charge in [-0.2, -0.15) is 8.78 Å². The molecule has 0 fully saturated rings. The van der Waals surface area contributed by atoms with Crippen LogP contribution in [0.25, 0.3) is 17.1 Å². The van der Waals surface area contributed by atoms with E-state index >= 15 is 0 Å². The maximum atomic E-state index is 13.5. The number of ether oxygens (including phenoxy) is 1. The van der Waals surface area contributed by atoms with E-state index in [1.54, 1.807) is 18.3 Å². The van der Waals surface area contributed by atoms with E-state index in [2.05, 4.69) is 36.1 Å². The van der Waals surface area contributed by atoms with Gasteiger partial charge in [0.2, 0.25) is 5.95 Å². The first kappa shape index (κ1) is 24.5. The number of imidazole rings is 1. The summed E-state index contributed by atoms with van der Waals surface area (Å²) in [5.41, 5.74) is -0.852. The quantitative estimate of drug-likeness (QED) is 0.248. The molecule has 0 aliphatic heterocycles. The number of hydrogen-bond acceptors (Lipinski definition) is 4. The monoisotopic (exact) mass is 484 g/mol. The van der Waals surface area contributed by atoms with E-state index in [1.165, 1.54) is 27.5 Å². The highest BCUT2D eigenvalue weighted by molar-refractivity contribution is 7.20. The van der Waals surface area contributed by atoms with Crippen molar-refractivity contribution < 1.29 is 13.5 Å². The van der Waals surface area contributed by atoms with Crippen LogP contribution in [0.15, 0.2) is 91.0 Å². The SMILES string of the molecule is C=C/C=C(\C=C/CNc1nc2ccc(Oc3ccnc(/C=C\C=C/P)c3)cc2[nH]1)C(F)(F)P. The van der Waals surface area contributed by atoms with Gasteiger partial charge in [0.1, 0.15) is 11.5 Å². The number of nitrogens with one attached hydrogen (secondary N) is 2. The average molecular weight is 484 g/mol. The fourth-order valence-electron chi connectivity index (χ4n) is 2.82. The number of rotatable bonds is 10. The third-order valence-electron chi connectivity index (χ3n) is 4.30. The topological polar surface area (TPSA) is 62.8 Å². The van der Waals surface area contributed by atoms with Crippen molar-refractivity contribution in [1.82, 2.24) is 15.0 Å². The Kier molecular flexibility index (Phi) is 8.65. The summed E-state index contributed by atoms with van der Waals surface area (Å²) >= 11 is 0. The van der Waals surface area contributed by atoms with Crippen molar-refractivity contribution in [1.29, 1.82) is 0 Å². The summed E-state index contributed by atoms with van der Waals surface area (Å²) in [6, 6.07) is 9.14. The van der Waals surface area contributed by atoms with Gasteiger partial charge in [0.05, 0.1) is 16.7 Å². The molecule has 0 saturated heterocycles. The van der Waals surface area contributed by atoms with Gasteiger partial charge in [-0.05, 0) is 24.3 Å². The lowest BCUT2D eigenvalue weighted by Crippen LogP contribution is -2.08. The molecule has 9 heteroatoms. The fourth-order valence-corrected chi connectivity index (χ4v) is 3.14. The number of fused-ring (bicyclic) bond motifs is 1. The highest BCUT2D eigenvalue weighted by atomic mass is 31.0. The van der Waals surface area contributed by atoms with E-state index in [0.29, 0.717) is 24.0 Å². The van der Waals surface area contributed by atoms with Crippen LogP contribution in [-0.2, 0) is 0 Å². The third kappa shape index (κ3) is 7.45. The van der Waals surface area contributed by atoms with E-state index in [1.807, 2.05) is 48.3 Å². The summed E-state index contributed by atoms with van der Waals surface area (Å²) in [5.74, 6) is 3.69. The number of halogens is 2. The second-order valence-electron chi connectivity index (χ2n) is 6.79. The predicted octanol–water partition coefficient (Wildman–Crippen LogP) is 6.70. The van der Waals surface area contributed by atoms with E-state index in [9.17, 15) is 8.78 Å². The van der Waals surface area contributed by atoms with Crippen LogP contribution in [0.1, 0.15) is 5.69 Å². The Morgan fingerprint density at radius 2 is 2.03 bits per heavy atom. The van der Waals surface area contributed by atoms with Crippen LogP contribution in [0.2, 0.25) is 0 Å². The van der Waals surface area contributed by atoms with E-state index < -0.39 is 5.66 Å². The molecule has 0 spiro atoms. The van der Waals surface area contributed by atoms with Crippen molar-refractivity contribution in [3.8, 4) is 11.5 Å². The molecule has 0 saturated carbocycles. The maximum absolute atomic E-state index is 13.5. The van der Waals surface area contributed by atoms with Crippen molar-refractivity contribution in [3.05, 3.63) is 96.6 Å². The zero-order valence-corrected chi connectivity index (χ0v) is 20.0. The number of nitrogens with zero attached hydrogens (tertiary/aromatic N) is 2. The lowest BCUT2D eigenvalue weighted by Gasteiger charge is -2.10. The van der Waals surface area contributed by atoms with Gasteiger partial charge in [-0.3, -0.25) is 4.98 Å². The van der Waals surface area contributed by atoms with Crippen molar-refractivity contribution in [2.45, 2.75) is 5.66 Å². The summed E-state index contributed by atoms with van der Waals surface area (Å²) in [4.78, 5) is 11.9. The first-order valence-corrected chi connectivity index (χ1v) is 11.2. The number of aromatic nitrogens is 3. The number of alkyl halides is 2. The van der Waals surface area contributed by atoms with E-state index in [4.69, 9.17) is 4.74 Å². The standard InChI is InChI=1S/C24H24F2N4OP2/c1-2-6-17(24(25,26)33)7-5-12-28-23-29-21-10-9-19(16-22(21)30-23)31-20-11-13-27-18(15-20)8-3-4-14-32/h2-11,13-16H,1,12,32-33H2,(H2,28,29,30)/b7-5-,8-3-,14-4-,17-6+. The Labute approximate surface area is 195 Å². The molecular formula is C24H24F2N4OP2. The highest BCUT2D eigenvalue weighted by Crippen LogP contribution is 2.32. The Morgan fingerprint density at radius 1 is 1.21 bits per heavy atom. The van der Waals surface area contributed by atoms with Crippen molar-refractivity contribution in [2.24, 2.45) is 0 Å². The summed E-state index contributed by atoms with van der Waals surface area (Å²) < 4.78 is 32.9. The van der Waals surface area contributed by atoms with Crippen LogP contribution in [-0.4, -0.2) is 27.2 Å². The van der Waals surface area contributed by atoms with Gasteiger partial charge in [0.15, 0.2) is 0 Å². The molecule has 2 atom stereocenters. The predicted molar refractivity (Wildman–Crippen MR) is 139 cm³/mol. The Hall–Kier alpha value is -3.14. The molecule has 2 unspecified atom stereocenters. The molecule has 0 radical (unpaired) electrons. The molecule has 2 aromatic heterocycles. The Morgan fingerprint density at radius 3 is 2.79 bits per heavy atom. The summed E-state index contributed by atoms with van der Waals surface area (Å²) in [6.07, 6.45) is 12.9. The molecule has 0 aliphatic rings. The number of pyridine rings is 1. The minimum absolute atomic E-state index is 0.147. The van der Waals surface area contributed by atoms with Crippen LogP contribution in [0.4, 0.5) is 14.7 Å². The third-order valence-corrected chi connectivity index (χ3v) is 4.85. The molecule has 1 aromatic carbocycles. The molecule has 3 rings (SSSR count). The summed E-state index contributed by atoms with van der Waals surface area (Å²) in [6.45, 7) is 3.78. The second kappa shape index (κ2) is 11.6. The van der Waals surface area contributed by atoms with Gasteiger partial charge in [0.25, 0.3) is 5.66 Å². The first-order valence-electron chi connectivity index (χ1n) is 9.98. The number of H-pyrrole nitrogens is 1. The zero-order valence-electron chi connectivity index (χ0n) is 17.7. The number of hydrogen-bond donors (Lipinski definition) is 2. The van der Waals surface area contributed by atoms with Gasteiger partial charge < -0.3 is 15.0 Å². The fraction of sp³-hybridized carbons (Fsp3) is 0.0833. The highest BCUT2D eigenvalue weighted by Gasteiger charge is 2.24. The van der Waals surface area contributed by atoms with E-state index in [-0.39, 0.29) is 5.57 Å². The minimum atomic E-state index is -3.02. The Balaban J connectivity index is 1.66. The zero-order chi connectivity index (χ0) is 23.7. The second-order valence-corrected chi connectivity index (χ2v) is 7.90. The first-order chi connectivity index (χ1) is 15.9. The number of aromatic amines is 1. The lowest BCUT2D eigenvalue weighted by molar-refractivity contribution is 0.151. The molecule has 33 heavy (non-hydrogen) atoms. The number of anilines is 1. The molecule has 0 aliphatic carbocycles. The van der Waals surface area contributed by atoms with Crippen LogP contribution in [0, 0.1) is 0 Å². The molecular weight excluding hydrogens is 460 g/mol. The maximum Gasteiger partial charge on any atom is 0.283 e. The van der Waals surface area contributed by atoms with Gasteiger partial charge >= 0.3 is 0 Å². The molecule has 3 aromatic rings. The van der Waals surface area contributed by atoms with Crippen LogP contribution >= 0.6 is 18.5 Å². The number of allylic oxidation sites excluding steroid dienone is 6. The van der Waals surface area contributed by atoms with Gasteiger partial charge in [0, 0.05) is 30.4 Å². The summed E-state index contributed by atoms with van der Waals surface area (Å²) in [7, 11) is 4.03. The van der Waals surface area contributed by atoms with Crippen LogP contribution in [0.3, 0.4) is 0 Å². The van der Waals surface area contributed by atoms with Crippen LogP contribution < -0.4 is 10.1 Å². The molecule has 2 heterocycles. The van der Waals surface area contributed by atoms with Gasteiger partial charge in [-0.15, -0.1) is 9.24 Å². The minimum Gasteiger partial charge on any atom is -0.457 e. The Bertz CT molecular complexity index is 1230. The molecule has 170 valence electrons. The molecule has 5 nitrogen and oxygen atoms in total. The summed E-state index contributed by atoms with van der Waals surface area (Å²) in [5, 5.41) is 3.06. The van der Waals surface area contributed by atoms with Crippen molar-refractivity contribution >= 4 is 41.5 Å². The lowest BCUT2D eigenvalue weighted by atomic mass is 10.2. The van der Waals surface area contributed by atoms with Gasteiger partial charge in [-0.1, -0.05) is 58.1 Å². The molecule has 0 amide bonds. The smallest absolute Gasteiger partial charge is 0.283 e. The average Bonchev–Trinajstić information content (AvgIpc) is 3.18. The normalized spacial score (nSPS) is 12.9. The van der Waals surface area contributed by atoms with E-state index in [0.717, 1.165) is 16.7 Å².